The van der Waals surface area contributed by atoms with Gasteiger partial charge in [-0.2, -0.15) is 0 Å². The van der Waals surface area contributed by atoms with Crippen molar-refractivity contribution in [1.82, 2.24) is 4.98 Å². The quantitative estimate of drug-likeness (QED) is 0.246. The van der Waals surface area contributed by atoms with Crippen LogP contribution in [-0.2, 0) is 16.0 Å². The number of fused-ring (bicyclic) bond motifs is 1. The van der Waals surface area contributed by atoms with Crippen molar-refractivity contribution >= 4 is 28.5 Å². The van der Waals surface area contributed by atoms with E-state index in [1.807, 2.05) is 12.1 Å². The summed E-state index contributed by atoms with van der Waals surface area (Å²) >= 11 is 6.27. The minimum absolute atomic E-state index is 0.175. The number of ether oxygens (including phenoxy) is 2. The molecule has 0 aliphatic carbocycles. The predicted octanol–water partition coefficient (Wildman–Crippen LogP) is 6.90. The number of hydrogen-bond donors (Lipinski definition) is 0. The maximum Gasteiger partial charge on any atom is 0.302 e. The lowest BCUT2D eigenvalue weighted by Gasteiger charge is -2.08. The van der Waals surface area contributed by atoms with E-state index in [9.17, 15) is 4.79 Å². The van der Waals surface area contributed by atoms with E-state index in [0.717, 1.165) is 48.0 Å². The molecule has 1 aromatic carbocycles. The molecule has 2 rings (SSSR count). The molecule has 0 aliphatic rings. The number of hydrogen-bond acceptors (Lipinski definition) is 4. The fourth-order valence-electron chi connectivity index (χ4n) is 3.54. The molecule has 0 amide bonds. The third-order valence-corrected chi connectivity index (χ3v) is 5.51. The van der Waals surface area contributed by atoms with Gasteiger partial charge in [0.1, 0.15) is 11.3 Å². The van der Waals surface area contributed by atoms with Gasteiger partial charge in [-0.1, -0.05) is 63.0 Å². The number of rotatable bonds is 14. The fraction of sp³-hybridized carbons (Fsp3) is 0.583. The van der Waals surface area contributed by atoms with E-state index in [0.29, 0.717) is 11.6 Å². The number of benzene rings is 1. The number of carbonyl (C=O) groups is 1. The maximum atomic E-state index is 10.7. The van der Waals surface area contributed by atoms with Gasteiger partial charge in [-0.05, 0) is 43.5 Å². The van der Waals surface area contributed by atoms with Gasteiger partial charge in [0, 0.05) is 18.0 Å². The van der Waals surface area contributed by atoms with Crippen LogP contribution in [-0.4, -0.2) is 24.7 Å². The Balaban J connectivity index is 1.54. The van der Waals surface area contributed by atoms with Gasteiger partial charge in [0.05, 0.1) is 18.7 Å². The summed E-state index contributed by atoms with van der Waals surface area (Å²) in [5.41, 5.74) is 1.96. The number of aryl methyl sites for hydroxylation is 1. The molecular formula is C24H34ClNO3. The summed E-state index contributed by atoms with van der Waals surface area (Å²) < 4.78 is 10.4. The van der Waals surface area contributed by atoms with Crippen LogP contribution in [0, 0.1) is 0 Å². The standard InChI is InChI=1S/C24H34ClNO3/c1-19(27)29-18-12-10-8-6-4-3-5-7-9-11-13-20-14-15-21-22(25)16-17-23(28-2)24(21)26-20/h14-17H,3-13,18H2,1-2H3. The lowest BCUT2D eigenvalue weighted by Crippen LogP contribution is -2.00. The Morgan fingerprint density at radius 3 is 2.14 bits per heavy atom. The topological polar surface area (TPSA) is 48.4 Å². The molecule has 0 unspecified atom stereocenters. The van der Waals surface area contributed by atoms with E-state index in [4.69, 9.17) is 26.1 Å². The SMILES string of the molecule is COc1ccc(Cl)c2ccc(CCCCCCCCCCCCOC(C)=O)nc12. The lowest BCUT2D eigenvalue weighted by molar-refractivity contribution is -0.141. The molecular weight excluding hydrogens is 386 g/mol. The number of pyridine rings is 1. The zero-order valence-corrected chi connectivity index (χ0v) is 18.6. The van der Waals surface area contributed by atoms with Crippen LogP contribution >= 0.6 is 11.6 Å². The number of nitrogens with zero attached hydrogens (tertiary/aromatic N) is 1. The molecule has 0 fully saturated rings. The molecule has 2 aromatic rings. The van der Waals surface area contributed by atoms with E-state index in [1.54, 1.807) is 7.11 Å². The summed E-state index contributed by atoms with van der Waals surface area (Å²) in [6.45, 7) is 2.03. The van der Waals surface area contributed by atoms with Crippen LogP contribution in [0.4, 0.5) is 0 Å². The van der Waals surface area contributed by atoms with Crippen molar-refractivity contribution in [3.8, 4) is 5.75 Å². The second kappa shape index (κ2) is 13.4. The first-order chi connectivity index (χ1) is 14.1. The summed E-state index contributed by atoms with van der Waals surface area (Å²) in [7, 11) is 1.67. The number of esters is 1. The van der Waals surface area contributed by atoms with Crippen LogP contribution in [0.2, 0.25) is 5.02 Å². The minimum atomic E-state index is -0.175. The second-order valence-electron chi connectivity index (χ2n) is 7.57. The number of halogens is 1. The Morgan fingerprint density at radius 2 is 1.52 bits per heavy atom. The zero-order chi connectivity index (χ0) is 20.9. The van der Waals surface area contributed by atoms with Crippen molar-refractivity contribution in [3.63, 3.8) is 0 Å². The van der Waals surface area contributed by atoms with Gasteiger partial charge in [0.15, 0.2) is 0 Å². The molecule has 0 saturated heterocycles. The Labute approximate surface area is 179 Å². The Hall–Kier alpha value is -1.81. The highest BCUT2D eigenvalue weighted by Gasteiger charge is 2.08. The van der Waals surface area contributed by atoms with E-state index < -0.39 is 0 Å². The van der Waals surface area contributed by atoms with Crippen molar-refractivity contribution in [3.05, 3.63) is 35.0 Å². The molecule has 4 nitrogen and oxygen atoms in total. The van der Waals surface area contributed by atoms with Crippen molar-refractivity contribution in [2.75, 3.05) is 13.7 Å². The summed E-state index contributed by atoms with van der Waals surface area (Å²) in [5.74, 6) is 0.600. The lowest BCUT2D eigenvalue weighted by atomic mass is 10.0. The van der Waals surface area contributed by atoms with Gasteiger partial charge in [0.25, 0.3) is 0 Å². The largest absolute Gasteiger partial charge is 0.494 e. The molecule has 29 heavy (non-hydrogen) atoms. The Morgan fingerprint density at radius 1 is 0.897 bits per heavy atom. The van der Waals surface area contributed by atoms with E-state index in [1.165, 1.54) is 51.9 Å². The van der Waals surface area contributed by atoms with E-state index >= 15 is 0 Å². The van der Waals surface area contributed by atoms with Crippen molar-refractivity contribution < 1.29 is 14.3 Å². The number of aromatic nitrogens is 1. The molecule has 0 aliphatic heterocycles. The fourth-order valence-corrected chi connectivity index (χ4v) is 3.76. The smallest absolute Gasteiger partial charge is 0.302 e. The highest BCUT2D eigenvalue weighted by molar-refractivity contribution is 6.35. The Kier molecular flexibility index (Phi) is 10.9. The second-order valence-corrected chi connectivity index (χ2v) is 7.98. The van der Waals surface area contributed by atoms with Crippen LogP contribution in [0.25, 0.3) is 10.9 Å². The van der Waals surface area contributed by atoms with Crippen LogP contribution in [0.15, 0.2) is 24.3 Å². The average Bonchev–Trinajstić information content (AvgIpc) is 2.71. The monoisotopic (exact) mass is 419 g/mol. The van der Waals surface area contributed by atoms with Crippen LogP contribution in [0.3, 0.4) is 0 Å². The zero-order valence-electron chi connectivity index (χ0n) is 17.8. The molecule has 0 radical (unpaired) electrons. The molecule has 5 heteroatoms. The third-order valence-electron chi connectivity index (χ3n) is 5.18. The summed E-state index contributed by atoms with van der Waals surface area (Å²) in [6.07, 6.45) is 13.3. The van der Waals surface area contributed by atoms with Gasteiger partial charge in [-0.15, -0.1) is 0 Å². The van der Waals surface area contributed by atoms with Crippen LogP contribution < -0.4 is 4.74 Å². The molecule has 1 aromatic heterocycles. The molecule has 0 spiro atoms. The molecule has 0 saturated carbocycles. The molecule has 160 valence electrons. The third kappa shape index (κ3) is 8.61. The van der Waals surface area contributed by atoms with Gasteiger partial charge in [-0.25, -0.2) is 4.98 Å². The first-order valence-corrected chi connectivity index (χ1v) is 11.2. The maximum absolute atomic E-state index is 10.7. The van der Waals surface area contributed by atoms with Crippen molar-refractivity contribution in [1.29, 1.82) is 0 Å². The molecule has 0 atom stereocenters. The first-order valence-electron chi connectivity index (χ1n) is 10.9. The van der Waals surface area contributed by atoms with Crippen LogP contribution in [0.5, 0.6) is 5.75 Å². The van der Waals surface area contributed by atoms with Gasteiger partial charge < -0.3 is 9.47 Å². The van der Waals surface area contributed by atoms with Gasteiger partial charge in [-0.3, -0.25) is 4.79 Å². The average molecular weight is 420 g/mol. The van der Waals surface area contributed by atoms with E-state index in [2.05, 4.69) is 12.1 Å². The number of unbranched alkanes of at least 4 members (excludes halogenated alkanes) is 9. The summed E-state index contributed by atoms with van der Waals surface area (Å²) in [5, 5.41) is 1.66. The highest BCUT2D eigenvalue weighted by Crippen LogP contribution is 2.30. The van der Waals surface area contributed by atoms with Crippen molar-refractivity contribution in [2.24, 2.45) is 0 Å². The normalized spacial score (nSPS) is 11.0. The minimum Gasteiger partial charge on any atom is -0.494 e. The molecule has 0 bridgehead atoms. The molecule has 1 heterocycles. The van der Waals surface area contributed by atoms with Crippen LogP contribution in [0.1, 0.15) is 76.8 Å². The van der Waals surface area contributed by atoms with E-state index in [-0.39, 0.29) is 5.97 Å². The first kappa shape index (κ1) is 23.5. The number of methoxy groups -OCH3 is 1. The Bertz CT molecular complexity index is 763. The van der Waals surface area contributed by atoms with Crippen molar-refractivity contribution in [2.45, 2.75) is 77.6 Å². The summed E-state index contributed by atoms with van der Waals surface area (Å²) in [4.78, 5) is 15.4. The number of carbonyl (C=O) groups excluding carboxylic acids is 1. The highest BCUT2D eigenvalue weighted by atomic mass is 35.5. The molecule has 0 N–H and O–H groups in total. The van der Waals surface area contributed by atoms with Gasteiger partial charge >= 0.3 is 5.97 Å². The predicted molar refractivity (Wildman–Crippen MR) is 120 cm³/mol. The summed E-state index contributed by atoms with van der Waals surface area (Å²) in [6, 6.07) is 7.86. The van der Waals surface area contributed by atoms with Gasteiger partial charge in [0.2, 0.25) is 0 Å².